The molecule has 0 radical (unpaired) electrons. The van der Waals surface area contributed by atoms with Crippen LogP contribution in [0, 0.1) is 0 Å². The molecule has 0 saturated carbocycles. The van der Waals surface area contributed by atoms with Gasteiger partial charge in [-0.2, -0.15) is 0 Å². The number of nitrogens with one attached hydrogen (secondary N) is 2. The number of aromatic nitrogens is 2. The van der Waals surface area contributed by atoms with Crippen molar-refractivity contribution in [2.45, 2.75) is 32.9 Å². The fourth-order valence-electron chi connectivity index (χ4n) is 1.76. The van der Waals surface area contributed by atoms with Gasteiger partial charge in [-0.15, -0.1) is 5.10 Å². The molecule has 1 atom stereocenters. The Morgan fingerprint density at radius 2 is 2.32 bits per heavy atom. The van der Waals surface area contributed by atoms with E-state index in [1.165, 1.54) is 11.5 Å². The first-order valence-corrected chi connectivity index (χ1v) is 6.99. The minimum atomic E-state index is -0.418. The minimum Gasteiger partial charge on any atom is -0.459 e. The zero-order valence-corrected chi connectivity index (χ0v) is 12.4. The second-order valence-electron chi connectivity index (χ2n) is 4.35. The number of esters is 1. The maximum atomic E-state index is 12.2. The van der Waals surface area contributed by atoms with Crippen molar-refractivity contribution < 1.29 is 9.53 Å². The van der Waals surface area contributed by atoms with Crippen LogP contribution in [0.3, 0.4) is 0 Å². The maximum Gasteiger partial charge on any atom is 0.338 e. The zero-order chi connectivity index (χ0) is 14.0. The molecule has 1 aliphatic rings. The van der Waals surface area contributed by atoms with E-state index in [9.17, 15) is 4.79 Å². The van der Waals surface area contributed by atoms with E-state index in [1.807, 2.05) is 13.8 Å². The molecular weight excluding hydrogens is 284 g/mol. The third-order valence-electron chi connectivity index (χ3n) is 2.50. The summed E-state index contributed by atoms with van der Waals surface area (Å²) < 4.78 is 9.07. The van der Waals surface area contributed by atoms with Crippen LogP contribution in [-0.4, -0.2) is 26.8 Å². The molecule has 6 nitrogen and oxygen atoms in total. The number of carbonyl (C=O) groups excluding carboxylic acids is 1. The number of hydrogen-bond acceptors (Lipinski definition) is 6. The minimum absolute atomic E-state index is 0.184. The van der Waals surface area contributed by atoms with E-state index >= 15 is 0 Å². The van der Waals surface area contributed by atoms with Gasteiger partial charge in [-0.3, -0.25) is 0 Å². The lowest BCUT2D eigenvalue weighted by Gasteiger charge is -2.28. The Morgan fingerprint density at radius 3 is 2.89 bits per heavy atom. The van der Waals surface area contributed by atoms with Gasteiger partial charge in [0.15, 0.2) is 5.11 Å². The summed E-state index contributed by atoms with van der Waals surface area (Å²) in [4.78, 5) is 12.2. The van der Waals surface area contributed by atoms with Crippen LogP contribution in [0.1, 0.15) is 32.5 Å². The van der Waals surface area contributed by atoms with Gasteiger partial charge in [0.05, 0.1) is 11.7 Å². The summed E-state index contributed by atoms with van der Waals surface area (Å²) >= 11 is 6.33. The molecule has 1 aliphatic heterocycles. The normalized spacial score (nSPS) is 19.2. The predicted octanol–water partition coefficient (Wildman–Crippen LogP) is 1.28. The van der Waals surface area contributed by atoms with Gasteiger partial charge in [0.1, 0.15) is 11.7 Å². The van der Waals surface area contributed by atoms with Gasteiger partial charge >= 0.3 is 5.97 Å². The molecule has 2 rings (SSSR count). The van der Waals surface area contributed by atoms with Crippen molar-refractivity contribution in [2.75, 3.05) is 0 Å². The molecule has 102 valence electrons. The lowest BCUT2D eigenvalue weighted by Crippen LogP contribution is -2.45. The molecule has 2 heterocycles. The summed E-state index contributed by atoms with van der Waals surface area (Å²) in [5.41, 5.74) is 1.81. The molecule has 0 aromatic carbocycles. The molecule has 0 bridgehead atoms. The van der Waals surface area contributed by atoms with Crippen LogP contribution in [0.2, 0.25) is 0 Å². The number of ether oxygens (including phenoxy) is 1. The van der Waals surface area contributed by atoms with Crippen LogP contribution >= 0.6 is 23.8 Å². The largest absolute Gasteiger partial charge is 0.459 e. The Morgan fingerprint density at radius 1 is 1.58 bits per heavy atom. The summed E-state index contributed by atoms with van der Waals surface area (Å²) in [5, 5.41) is 12.2. The van der Waals surface area contributed by atoms with Crippen molar-refractivity contribution in [1.82, 2.24) is 20.2 Å². The van der Waals surface area contributed by atoms with Gasteiger partial charge in [-0.25, -0.2) is 4.79 Å². The number of nitrogens with zero attached hydrogens (tertiary/aromatic N) is 2. The average molecular weight is 298 g/mol. The first-order chi connectivity index (χ1) is 8.99. The maximum absolute atomic E-state index is 12.2. The Kier molecular flexibility index (Phi) is 4.11. The summed E-state index contributed by atoms with van der Waals surface area (Å²) in [7, 11) is 0. The highest BCUT2D eigenvalue weighted by molar-refractivity contribution is 7.80. The summed E-state index contributed by atoms with van der Waals surface area (Å²) in [6.07, 6.45) is -0.184. The third-order valence-corrected chi connectivity index (χ3v) is 3.25. The van der Waals surface area contributed by atoms with Crippen LogP contribution in [0.25, 0.3) is 0 Å². The number of thiocarbonyl (C=S) groups is 1. The summed E-state index contributed by atoms with van der Waals surface area (Å²) in [6.45, 7) is 5.40. The van der Waals surface area contributed by atoms with E-state index in [-0.39, 0.29) is 12.1 Å². The topological polar surface area (TPSA) is 76.1 Å². The van der Waals surface area contributed by atoms with E-state index in [2.05, 4.69) is 20.2 Å². The Balaban J connectivity index is 2.36. The highest BCUT2D eigenvalue weighted by Gasteiger charge is 2.32. The smallest absolute Gasteiger partial charge is 0.338 e. The molecular formula is C11H14N4O2S2. The molecule has 0 amide bonds. The first kappa shape index (κ1) is 13.9. The molecule has 1 unspecified atom stereocenters. The molecule has 1 aromatic heterocycles. The molecule has 1 aromatic rings. The Labute approximate surface area is 120 Å². The molecule has 8 heteroatoms. The molecule has 0 aliphatic carbocycles. The van der Waals surface area contributed by atoms with Crippen LogP contribution in [0.4, 0.5) is 0 Å². The quantitative estimate of drug-likeness (QED) is 0.643. The first-order valence-electron chi connectivity index (χ1n) is 5.75. The predicted molar refractivity (Wildman–Crippen MR) is 75.4 cm³/mol. The van der Waals surface area contributed by atoms with E-state index in [4.69, 9.17) is 17.0 Å². The molecule has 0 saturated heterocycles. The lowest BCUT2D eigenvalue weighted by molar-refractivity contribution is -0.143. The van der Waals surface area contributed by atoms with E-state index < -0.39 is 6.04 Å². The highest BCUT2D eigenvalue weighted by atomic mass is 32.1. The van der Waals surface area contributed by atoms with Crippen LogP contribution in [-0.2, 0) is 9.53 Å². The number of rotatable bonds is 3. The third kappa shape index (κ3) is 3.07. The van der Waals surface area contributed by atoms with Gasteiger partial charge in [-0.1, -0.05) is 4.49 Å². The summed E-state index contributed by atoms with van der Waals surface area (Å²) in [6, 6.07) is -0.418. The van der Waals surface area contributed by atoms with Crippen molar-refractivity contribution in [3.63, 3.8) is 0 Å². The zero-order valence-electron chi connectivity index (χ0n) is 10.8. The van der Waals surface area contributed by atoms with Gasteiger partial charge in [0.2, 0.25) is 0 Å². The van der Waals surface area contributed by atoms with Crippen molar-refractivity contribution >= 4 is 34.8 Å². The van der Waals surface area contributed by atoms with Crippen molar-refractivity contribution in [3.05, 3.63) is 22.3 Å². The number of hydrogen-bond donors (Lipinski definition) is 2. The highest BCUT2D eigenvalue weighted by Crippen LogP contribution is 2.27. The van der Waals surface area contributed by atoms with E-state index in [0.29, 0.717) is 22.1 Å². The Bertz CT molecular complexity index is 525. The van der Waals surface area contributed by atoms with Crippen molar-refractivity contribution in [2.24, 2.45) is 0 Å². The second-order valence-corrected chi connectivity index (χ2v) is 5.37. The molecule has 0 fully saturated rings. The van der Waals surface area contributed by atoms with Gasteiger partial charge in [-0.05, 0) is 44.5 Å². The monoisotopic (exact) mass is 298 g/mol. The van der Waals surface area contributed by atoms with Crippen LogP contribution < -0.4 is 10.6 Å². The standard InChI is InChI=1S/C11H14N4O2S2/c1-5(2)17-10(16)8-6(3)12-11(18)13-9(8)7-4-19-15-14-7/h4-5,9H,1-3H3,(H2,12,13,18). The van der Waals surface area contributed by atoms with Gasteiger partial charge in [0, 0.05) is 11.1 Å². The second kappa shape index (κ2) is 5.62. The molecule has 0 spiro atoms. The van der Waals surface area contributed by atoms with Gasteiger partial charge < -0.3 is 15.4 Å². The van der Waals surface area contributed by atoms with Crippen LogP contribution in [0.5, 0.6) is 0 Å². The number of allylic oxidation sites excluding steroid dienone is 1. The van der Waals surface area contributed by atoms with E-state index in [1.54, 1.807) is 12.3 Å². The molecule has 19 heavy (non-hydrogen) atoms. The SMILES string of the molecule is CC1=C(C(=O)OC(C)C)C(c2csnn2)NC(=S)N1. The van der Waals surface area contributed by atoms with Crippen LogP contribution in [0.15, 0.2) is 16.7 Å². The number of carbonyl (C=O) groups is 1. The van der Waals surface area contributed by atoms with Gasteiger partial charge in [0.25, 0.3) is 0 Å². The summed E-state index contributed by atoms with van der Waals surface area (Å²) in [5.74, 6) is -0.381. The molecule has 2 N–H and O–H groups in total. The average Bonchev–Trinajstić information content (AvgIpc) is 2.79. The fraction of sp³-hybridized carbons (Fsp3) is 0.455. The lowest BCUT2D eigenvalue weighted by atomic mass is 10.0. The van der Waals surface area contributed by atoms with E-state index in [0.717, 1.165) is 0 Å². The van der Waals surface area contributed by atoms with Crippen molar-refractivity contribution in [3.8, 4) is 0 Å². The van der Waals surface area contributed by atoms with Crippen molar-refractivity contribution in [1.29, 1.82) is 0 Å². The fourth-order valence-corrected chi connectivity index (χ4v) is 2.51. The Hall–Kier alpha value is -1.54.